The molecule has 0 atom stereocenters. The molecule has 52 heavy (non-hydrogen) atoms. The molecule has 0 spiro atoms. The zero-order valence-electron chi connectivity index (χ0n) is 34.0. The predicted molar refractivity (Wildman–Crippen MR) is 221 cm³/mol. The summed E-state index contributed by atoms with van der Waals surface area (Å²) in [5, 5.41) is 8.57. The van der Waals surface area contributed by atoms with Crippen molar-refractivity contribution in [2.24, 2.45) is 10.4 Å². The number of nitrogens with zero attached hydrogens (tertiary/aromatic N) is 3. The fraction of sp³-hybridized carbons (Fsp3) is 0.568. The molecule has 7 nitrogen and oxygen atoms in total. The smallest absolute Gasteiger partial charge is 0.271 e. The van der Waals surface area contributed by atoms with Gasteiger partial charge in [0, 0.05) is 24.2 Å². The number of unbranched alkanes of at least 4 members (excludes halogenated alkanes) is 6. The summed E-state index contributed by atoms with van der Waals surface area (Å²) in [6.07, 6.45) is 14.3. The number of carbonyl (C=O) groups excluding carboxylic acids is 1. The van der Waals surface area contributed by atoms with Crippen LogP contribution in [0.15, 0.2) is 70.2 Å². The van der Waals surface area contributed by atoms with Gasteiger partial charge in [-0.25, -0.2) is 17.7 Å². The van der Waals surface area contributed by atoms with Crippen LogP contribution in [0.4, 0.5) is 11.4 Å². The molecule has 0 aromatic heterocycles. The number of aliphatic imine (C=N–C) groups is 1. The van der Waals surface area contributed by atoms with E-state index in [9.17, 15) is 4.79 Å². The van der Waals surface area contributed by atoms with Crippen molar-refractivity contribution >= 4 is 38.7 Å². The highest BCUT2D eigenvalue weighted by molar-refractivity contribution is 7.90. The topological polar surface area (TPSA) is 93.9 Å². The molecular formula is C44H66N4O3S. The maximum atomic E-state index is 15.2. The Morgan fingerprint density at radius 1 is 0.769 bits per heavy atom. The van der Waals surface area contributed by atoms with Crippen LogP contribution in [0.1, 0.15) is 162 Å². The lowest BCUT2D eigenvalue weighted by Crippen LogP contribution is -2.45. The van der Waals surface area contributed by atoms with Gasteiger partial charge < -0.3 is 10.3 Å². The number of allylic oxidation sites excluding steroid dienone is 3. The Morgan fingerprint density at radius 2 is 1.29 bits per heavy atom. The fourth-order valence-corrected chi connectivity index (χ4v) is 8.68. The standard InChI is InChI=1S/C44H66N4O3S/c1-12-14-16-18-26-47(27-19-17-15-13-2)37-23-21-36(22-24-37)46-40-25-20-35(45)30-41(40)48(43(49)44(9,10)11)52(50,51)42-38(32(5)6)28-34(31(3)4)29-39(42)33(7)8/h20-25,28-33,45H,12-19,26-27H2,1-11H3. The fourth-order valence-electron chi connectivity index (χ4n) is 6.42. The second-order valence-electron chi connectivity index (χ2n) is 16.3. The Hall–Kier alpha value is -3.52. The Labute approximate surface area is 316 Å². The maximum absolute atomic E-state index is 15.2. The number of hydrogen-bond acceptors (Lipinski definition) is 6. The molecule has 0 saturated heterocycles. The zero-order chi connectivity index (χ0) is 38.8. The molecule has 0 saturated carbocycles. The third-order valence-electron chi connectivity index (χ3n) is 9.63. The van der Waals surface area contributed by atoms with Crippen molar-refractivity contribution in [2.75, 3.05) is 18.0 Å². The van der Waals surface area contributed by atoms with Crippen LogP contribution < -0.4 is 4.90 Å². The molecule has 0 radical (unpaired) electrons. The average Bonchev–Trinajstić information content (AvgIpc) is 3.08. The molecule has 8 heteroatoms. The van der Waals surface area contributed by atoms with Crippen LogP contribution in [0.5, 0.6) is 0 Å². The molecule has 1 aliphatic rings. The molecular weight excluding hydrogens is 665 g/mol. The third kappa shape index (κ3) is 11.0. The van der Waals surface area contributed by atoms with Crippen molar-refractivity contribution in [1.29, 1.82) is 5.41 Å². The van der Waals surface area contributed by atoms with E-state index in [1.165, 1.54) is 44.6 Å². The number of rotatable bonds is 18. The van der Waals surface area contributed by atoms with Crippen molar-refractivity contribution in [3.63, 3.8) is 0 Å². The highest BCUT2D eigenvalue weighted by Crippen LogP contribution is 2.39. The number of amides is 1. The summed E-state index contributed by atoms with van der Waals surface area (Å²) < 4.78 is 31.4. The maximum Gasteiger partial charge on any atom is 0.271 e. The Morgan fingerprint density at radius 3 is 1.73 bits per heavy atom. The van der Waals surface area contributed by atoms with E-state index < -0.39 is 21.3 Å². The van der Waals surface area contributed by atoms with Crippen LogP contribution in [-0.4, -0.2) is 43.1 Å². The predicted octanol–water partition coefficient (Wildman–Crippen LogP) is 11.8. The van der Waals surface area contributed by atoms with Crippen LogP contribution in [-0.2, 0) is 14.8 Å². The van der Waals surface area contributed by atoms with E-state index in [1.54, 1.807) is 32.9 Å². The van der Waals surface area contributed by atoms with Crippen molar-refractivity contribution in [3.8, 4) is 0 Å². The van der Waals surface area contributed by atoms with Gasteiger partial charge in [0.2, 0.25) is 5.91 Å². The summed E-state index contributed by atoms with van der Waals surface area (Å²) in [7, 11) is -4.47. The number of sulfonamides is 1. The van der Waals surface area contributed by atoms with Crippen molar-refractivity contribution in [2.45, 2.75) is 150 Å². The van der Waals surface area contributed by atoms with Crippen molar-refractivity contribution in [1.82, 2.24) is 4.31 Å². The van der Waals surface area contributed by atoms with Crippen molar-refractivity contribution < 1.29 is 13.2 Å². The lowest BCUT2D eigenvalue weighted by atomic mass is 9.89. The first-order chi connectivity index (χ1) is 24.4. The molecule has 0 bridgehead atoms. The van der Waals surface area contributed by atoms with E-state index in [1.807, 2.05) is 52.0 Å². The van der Waals surface area contributed by atoms with Crippen LogP contribution in [0.3, 0.4) is 0 Å². The lowest BCUT2D eigenvalue weighted by molar-refractivity contribution is -0.132. The molecule has 0 unspecified atom stereocenters. The minimum Gasteiger partial charge on any atom is -0.372 e. The van der Waals surface area contributed by atoms with Crippen molar-refractivity contribution in [3.05, 3.63) is 77.0 Å². The van der Waals surface area contributed by atoms with Crippen LogP contribution in [0.2, 0.25) is 0 Å². The van der Waals surface area contributed by atoms with Gasteiger partial charge in [0.15, 0.2) is 0 Å². The van der Waals surface area contributed by atoms with Gasteiger partial charge in [-0.15, -0.1) is 0 Å². The zero-order valence-corrected chi connectivity index (χ0v) is 34.8. The first kappa shape index (κ1) is 42.9. The largest absolute Gasteiger partial charge is 0.372 e. The van der Waals surface area contributed by atoms with Gasteiger partial charge in [0.05, 0.1) is 27.7 Å². The highest BCUT2D eigenvalue weighted by atomic mass is 32.2. The minimum absolute atomic E-state index is 0.0855. The van der Waals surface area contributed by atoms with Gasteiger partial charge in [-0.1, -0.05) is 127 Å². The molecule has 3 rings (SSSR count). The minimum atomic E-state index is -4.47. The Bertz CT molecular complexity index is 1680. The van der Waals surface area contributed by atoms with Crippen LogP contribution >= 0.6 is 0 Å². The van der Waals surface area contributed by atoms with E-state index in [2.05, 4.69) is 44.7 Å². The number of benzene rings is 2. The van der Waals surface area contributed by atoms with E-state index in [4.69, 9.17) is 10.4 Å². The normalized spacial score (nSPS) is 14.5. The van der Waals surface area contributed by atoms with Crippen LogP contribution in [0, 0.1) is 10.8 Å². The van der Waals surface area contributed by atoms with Gasteiger partial charge in [-0.3, -0.25) is 4.79 Å². The first-order valence-corrected chi connectivity index (χ1v) is 21.1. The number of nitrogens with one attached hydrogen (secondary N) is 1. The third-order valence-corrected chi connectivity index (χ3v) is 11.5. The molecule has 286 valence electrons. The monoisotopic (exact) mass is 730 g/mol. The average molecular weight is 731 g/mol. The van der Waals surface area contributed by atoms with E-state index in [0.29, 0.717) is 22.5 Å². The quantitative estimate of drug-likeness (QED) is 0.122. The Kier molecular flexibility index (Phi) is 15.7. The summed E-state index contributed by atoms with van der Waals surface area (Å²) in [5.41, 5.74) is 3.68. The highest BCUT2D eigenvalue weighted by Gasteiger charge is 2.42. The van der Waals surface area contributed by atoms with Gasteiger partial charge in [0.1, 0.15) is 0 Å². The van der Waals surface area contributed by atoms with E-state index in [-0.39, 0.29) is 34.1 Å². The second-order valence-corrected chi connectivity index (χ2v) is 18.0. The summed E-state index contributed by atoms with van der Waals surface area (Å²) in [6.45, 7) is 23.8. The number of anilines is 1. The van der Waals surface area contributed by atoms with Gasteiger partial charge in [-0.05, 0) is 89.8 Å². The van der Waals surface area contributed by atoms with Crippen LogP contribution in [0.25, 0.3) is 0 Å². The Balaban J connectivity index is 2.17. The first-order valence-electron chi connectivity index (χ1n) is 19.6. The molecule has 1 amide bonds. The molecule has 2 aromatic rings. The molecule has 1 aliphatic carbocycles. The summed E-state index contributed by atoms with van der Waals surface area (Å²) >= 11 is 0. The van der Waals surface area contributed by atoms with Gasteiger partial charge >= 0.3 is 0 Å². The lowest BCUT2D eigenvalue weighted by Gasteiger charge is -2.33. The SMILES string of the molecule is CCCCCCN(CCCCCC)c1ccc(N=C2C=CC(=N)C=C2N(C(=O)C(C)(C)C)S(=O)(=O)c2c(C(C)C)cc(C(C)C)cc2C(C)C)cc1. The molecule has 0 heterocycles. The molecule has 2 aromatic carbocycles. The molecule has 0 aliphatic heterocycles. The van der Waals surface area contributed by atoms with Gasteiger partial charge in [0.25, 0.3) is 10.0 Å². The van der Waals surface area contributed by atoms with Gasteiger partial charge in [-0.2, -0.15) is 0 Å². The van der Waals surface area contributed by atoms with E-state index >= 15 is 8.42 Å². The van der Waals surface area contributed by atoms with E-state index in [0.717, 1.165) is 41.5 Å². The number of hydrogen-bond donors (Lipinski definition) is 1. The number of carbonyl (C=O) groups is 1. The summed E-state index contributed by atoms with van der Waals surface area (Å²) in [6, 6.07) is 12.1. The summed E-state index contributed by atoms with van der Waals surface area (Å²) in [5.74, 6) is -0.611. The second kappa shape index (κ2) is 19.0. The molecule has 1 N–H and O–H groups in total. The summed E-state index contributed by atoms with van der Waals surface area (Å²) in [4.78, 5) is 22.0. The molecule has 0 fully saturated rings.